The largest absolute Gasteiger partial charge is 0.506 e. The third-order valence-electron chi connectivity index (χ3n) is 2.77. The van der Waals surface area contributed by atoms with Gasteiger partial charge in [-0.1, -0.05) is 0 Å². The van der Waals surface area contributed by atoms with Crippen molar-refractivity contribution in [3.05, 3.63) is 24.3 Å². The van der Waals surface area contributed by atoms with Gasteiger partial charge in [0, 0.05) is 0 Å². The molecule has 0 spiro atoms. The smallest absolute Gasteiger partial charge is 0.143 e. The molecule has 1 heterocycles. The van der Waals surface area contributed by atoms with Crippen molar-refractivity contribution in [2.24, 2.45) is 0 Å². The minimum absolute atomic E-state index is 0.0312. The second-order valence-corrected chi connectivity index (χ2v) is 3.97. The Morgan fingerprint density at radius 1 is 0.667 bits per heavy atom. The van der Waals surface area contributed by atoms with Crippen LogP contribution in [0.15, 0.2) is 24.3 Å². The van der Waals surface area contributed by atoms with Crippen LogP contribution in [0.3, 0.4) is 0 Å². The van der Waals surface area contributed by atoms with E-state index in [0.29, 0.717) is 22.4 Å². The highest BCUT2D eigenvalue weighted by molar-refractivity contribution is 6.00. The van der Waals surface area contributed by atoms with Crippen LogP contribution in [0.1, 0.15) is 0 Å². The van der Waals surface area contributed by atoms with Gasteiger partial charge in [0.25, 0.3) is 0 Å². The lowest BCUT2D eigenvalue weighted by molar-refractivity contribution is 0.478. The van der Waals surface area contributed by atoms with Crippen LogP contribution in [-0.4, -0.2) is 20.2 Å². The van der Waals surface area contributed by atoms with E-state index in [0.717, 1.165) is 0 Å². The van der Waals surface area contributed by atoms with E-state index in [1.807, 2.05) is 0 Å². The van der Waals surface area contributed by atoms with E-state index in [2.05, 4.69) is 9.97 Å². The zero-order valence-corrected chi connectivity index (χ0v) is 9.25. The van der Waals surface area contributed by atoms with Crippen molar-refractivity contribution in [2.45, 2.75) is 0 Å². The molecule has 0 saturated carbocycles. The van der Waals surface area contributed by atoms with Crippen molar-refractivity contribution in [1.29, 1.82) is 0 Å². The minimum atomic E-state index is -0.0312. The first kappa shape index (κ1) is 10.4. The minimum Gasteiger partial charge on any atom is -0.506 e. The first-order valence-corrected chi connectivity index (χ1v) is 5.24. The SMILES string of the molecule is Nc1ccc(O)c2nc3c(N)ccc(O)c3nc12. The number of rotatable bonds is 0. The molecule has 0 saturated heterocycles. The van der Waals surface area contributed by atoms with Gasteiger partial charge in [-0.15, -0.1) is 0 Å². The summed E-state index contributed by atoms with van der Waals surface area (Å²) in [7, 11) is 0. The number of fused-ring (bicyclic) bond motifs is 2. The standard InChI is InChI=1S/C12H10N4O2/c13-5-1-3-7(17)11-9(5)15-12-8(18)4-2-6(14)10(12)16-11/h1-4,17-18H,13-14H2. The number of hydrogen-bond acceptors (Lipinski definition) is 6. The molecule has 0 bridgehead atoms. The summed E-state index contributed by atoms with van der Waals surface area (Å²) >= 11 is 0. The Hall–Kier alpha value is -2.76. The monoisotopic (exact) mass is 242 g/mol. The molecule has 0 fully saturated rings. The Balaban J connectivity index is 2.59. The molecule has 6 N–H and O–H groups in total. The van der Waals surface area contributed by atoms with Crippen LogP contribution in [0, 0.1) is 0 Å². The van der Waals surface area contributed by atoms with Crippen LogP contribution in [0.4, 0.5) is 11.4 Å². The van der Waals surface area contributed by atoms with Gasteiger partial charge in [0.05, 0.1) is 11.4 Å². The van der Waals surface area contributed by atoms with Gasteiger partial charge >= 0.3 is 0 Å². The fourth-order valence-electron chi connectivity index (χ4n) is 1.85. The number of phenolic OH excluding ortho intramolecular Hbond substituents is 2. The normalized spacial score (nSPS) is 11.1. The number of benzene rings is 2. The number of phenols is 2. The first-order valence-electron chi connectivity index (χ1n) is 5.24. The molecular formula is C12H10N4O2. The number of aromatic hydroxyl groups is 2. The van der Waals surface area contributed by atoms with Crippen molar-refractivity contribution in [1.82, 2.24) is 9.97 Å². The Kier molecular flexibility index (Phi) is 1.94. The van der Waals surface area contributed by atoms with E-state index < -0.39 is 0 Å². The van der Waals surface area contributed by atoms with Gasteiger partial charge in [-0.05, 0) is 24.3 Å². The van der Waals surface area contributed by atoms with Gasteiger partial charge in [0.1, 0.15) is 33.6 Å². The fourth-order valence-corrected chi connectivity index (χ4v) is 1.85. The van der Waals surface area contributed by atoms with Crippen molar-refractivity contribution in [2.75, 3.05) is 11.5 Å². The highest BCUT2D eigenvalue weighted by atomic mass is 16.3. The van der Waals surface area contributed by atoms with E-state index in [9.17, 15) is 10.2 Å². The average molecular weight is 242 g/mol. The van der Waals surface area contributed by atoms with Crippen LogP contribution in [0.5, 0.6) is 11.5 Å². The van der Waals surface area contributed by atoms with Crippen LogP contribution >= 0.6 is 0 Å². The Labute approximate surface area is 102 Å². The molecule has 3 aromatic rings. The number of nitrogens with zero attached hydrogens (tertiary/aromatic N) is 2. The first-order chi connectivity index (χ1) is 8.58. The summed E-state index contributed by atoms with van der Waals surface area (Å²) in [4.78, 5) is 8.44. The maximum Gasteiger partial charge on any atom is 0.143 e. The van der Waals surface area contributed by atoms with Crippen molar-refractivity contribution < 1.29 is 10.2 Å². The lowest BCUT2D eigenvalue weighted by atomic mass is 10.2. The third kappa shape index (κ3) is 1.29. The summed E-state index contributed by atoms with van der Waals surface area (Å²) in [5.74, 6) is -0.0623. The summed E-state index contributed by atoms with van der Waals surface area (Å²) in [5.41, 5.74) is 13.5. The lowest BCUT2D eigenvalue weighted by Crippen LogP contribution is -1.96. The Morgan fingerprint density at radius 3 is 1.44 bits per heavy atom. The molecule has 0 aliphatic rings. The molecule has 2 aromatic carbocycles. The van der Waals surface area contributed by atoms with Gasteiger partial charge in [0.15, 0.2) is 0 Å². The number of nitrogens with two attached hydrogens (primary N) is 2. The maximum atomic E-state index is 9.75. The predicted octanol–water partition coefficient (Wildman–Crippen LogP) is 1.36. The highest BCUT2D eigenvalue weighted by Crippen LogP contribution is 2.32. The van der Waals surface area contributed by atoms with Crippen LogP contribution in [-0.2, 0) is 0 Å². The zero-order valence-electron chi connectivity index (χ0n) is 9.25. The van der Waals surface area contributed by atoms with E-state index in [1.54, 1.807) is 0 Å². The summed E-state index contributed by atoms with van der Waals surface area (Å²) in [6.07, 6.45) is 0. The van der Waals surface area contributed by atoms with Crippen molar-refractivity contribution >= 4 is 33.4 Å². The zero-order chi connectivity index (χ0) is 12.9. The second kappa shape index (κ2) is 3.36. The molecule has 0 radical (unpaired) electrons. The lowest BCUT2D eigenvalue weighted by Gasteiger charge is -2.07. The topological polar surface area (TPSA) is 118 Å². The molecule has 6 nitrogen and oxygen atoms in total. The van der Waals surface area contributed by atoms with Crippen molar-refractivity contribution in [3.63, 3.8) is 0 Å². The summed E-state index contributed by atoms with van der Waals surface area (Å²) in [5, 5.41) is 19.5. The molecule has 0 aliphatic carbocycles. The molecule has 90 valence electrons. The molecule has 0 amide bonds. The number of nitrogen functional groups attached to an aromatic ring is 2. The third-order valence-corrected chi connectivity index (χ3v) is 2.77. The second-order valence-electron chi connectivity index (χ2n) is 3.97. The van der Waals surface area contributed by atoms with Gasteiger partial charge in [-0.2, -0.15) is 0 Å². The molecule has 0 aliphatic heterocycles. The van der Waals surface area contributed by atoms with Gasteiger partial charge in [-0.25, -0.2) is 9.97 Å². The fraction of sp³-hybridized carbons (Fsp3) is 0. The molecule has 0 unspecified atom stereocenters. The predicted molar refractivity (Wildman–Crippen MR) is 69.2 cm³/mol. The number of anilines is 2. The van der Waals surface area contributed by atoms with Crippen LogP contribution < -0.4 is 11.5 Å². The quantitative estimate of drug-likeness (QED) is 0.268. The van der Waals surface area contributed by atoms with Crippen molar-refractivity contribution in [3.8, 4) is 11.5 Å². The molecular weight excluding hydrogens is 232 g/mol. The average Bonchev–Trinajstić information content (AvgIpc) is 2.37. The molecule has 18 heavy (non-hydrogen) atoms. The summed E-state index contributed by atoms with van der Waals surface area (Å²) in [6.45, 7) is 0. The molecule has 6 heteroatoms. The Morgan fingerprint density at radius 2 is 1.06 bits per heavy atom. The van der Waals surface area contributed by atoms with Gasteiger partial charge in [0.2, 0.25) is 0 Å². The van der Waals surface area contributed by atoms with Crippen LogP contribution in [0.2, 0.25) is 0 Å². The van der Waals surface area contributed by atoms with E-state index in [1.165, 1.54) is 24.3 Å². The van der Waals surface area contributed by atoms with E-state index in [-0.39, 0.29) is 22.5 Å². The summed E-state index contributed by atoms with van der Waals surface area (Å²) in [6, 6.07) is 5.94. The highest BCUT2D eigenvalue weighted by Gasteiger charge is 2.12. The molecule has 3 rings (SSSR count). The number of hydrogen-bond donors (Lipinski definition) is 4. The summed E-state index contributed by atoms with van der Waals surface area (Å²) < 4.78 is 0. The molecule has 0 atom stereocenters. The van der Waals surface area contributed by atoms with Gasteiger partial charge in [-0.3, -0.25) is 0 Å². The van der Waals surface area contributed by atoms with Gasteiger partial charge < -0.3 is 21.7 Å². The van der Waals surface area contributed by atoms with E-state index >= 15 is 0 Å². The number of aromatic nitrogens is 2. The molecule has 1 aromatic heterocycles. The Bertz CT molecular complexity index is 657. The van der Waals surface area contributed by atoms with Crippen LogP contribution in [0.25, 0.3) is 22.1 Å². The maximum absolute atomic E-state index is 9.75. The van der Waals surface area contributed by atoms with E-state index in [4.69, 9.17) is 11.5 Å².